The third kappa shape index (κ3) is 5.02. The Bertz CT molecular complexity index is 1490. The number of halogens is 1. The van der Waals surface area contributed by atoms with Crippen LogP contribution in [0.25, 0.3) is 15.8 Å². The van der Waals surface area contributed by atoms with Crippen molar-refractivity contribution in [1.29, 1.82) is 0 Å². The molecule has 1 fully saturated rings. The van der Waals surface area contributed by atoms with Crippen molar-refractivity contribution in [3.05, 3.63) is 70.4 Å². The van der Waals surface area contributed by atoms with Gasteiger partial charge in [-0.15, -0.1) is 15.3 Å². The number of hydrogen-bond donors (Lipinski definition) is 0. The summed E-state index contributed by atoms with van der Waals surface area (Å²) in [6, 6.07) is 14.3. The molecule has 38 heavy (non-hydrogen) atoms. The first kappa shape index (κ1) is 25.3. The second kappa shape index (κ2) is 9.94. The molecule has 0 saturated heterocycles. The maximum Gasteiger partial charge on any atom is 0.528 e. The lowest BCUT2D eigenvalue weighted by atomic mass is 9.79. The van der Waals surface area contributed by atoms with Crippen LogP contribution in [0.3, 0.4) is 0 Å². The first-order valence-corrected chi connectivity index (χ1v) is 14.1. The van der Waals surface area contributed by atoms with Crippen LogP contribution in [0.2, 0.25) is 5.02 Å². The Morgan fingerprint density at radius 3 is 2.58 bits per heavy atom. The van der Waals surface area contributed by atoms with Crippen LogP contribution < -0.4 is 0 Å². The molecule has 0 N–H and O–H groups in total. The number of rotatable bonds is 3. The van der Waals surface area contributed by atoms with Crippen molar-refractivity contribution < 1.29 is 14.4 Å². The molecule has 8 nitrogen and oxygen atoms in total. The van der Waals surface area contributed by atoms with Gasteiger partial charge in [-0.25, -0.2) is 4.79 Å². The summed E-state index contributed by atoms with van der Waals surface area (Å²) >= 11 is 7.96. The van der Waals surface area contributed by atoms with Gasteiger partial charge in [-0.2, -0.15) is 4.37 Å². The van der Waals surface area contributed by atoms with E-state index in [1.54, 1.807) is 37.4 Å². The molecule has 0 spiro atoms. The second-order valence-electron chi connectivity index (χ2n) is 11.0. The third-order valence-electron chi connectivity index (χ3n) is 7.18. The minimum atomic E-state index is -0.748. The average Bonchev–Trinajstić information content (AvgIpc) is 3.44. The molecule has 3 heterocycles. The van der Waals surface area contributed by atoms with Gasteiger partial charge in [0.15, 0.2) is 5.82 Å². The highest BCUT2D eigenvalue weighted by molar-refractivity contribution is 7.13. The van der Waals surface area contributed by atoms with Gasteiger partial charge in [0, 0.05) is 22.2 Å². The SMILES string of the molecule is CC(C)(C)OC(=O)ON1Cc2cc(Cl)ccc2-n2c(nnc2[C@H]2CC[C@@H](c3nsc4ccccc43)CC2)C1. The molecule has 2 aromatic heterocycles. The van der Waals surface area contributed by atoms with Gasteiger partial charge in [-0.3, -0.25) is 4.57 Å². The van der Waals surface area contributed by atoms with E-state index < -0.39 is 11.8 Å². The zero-order chi connectivity index (χ0) is 26.4. The van der Waals surface area contributed by atoms with E-state index in [0.29, 0.717) is 24.0 Å². The normalized spacial score (nSPS) is 20.0. The van der Waals surface area contributed by atoms with Crippen molar-refractivity contribution in [3.8, 4) is 5.69 Å². The van der Waals surface area contributed by atoms with Gasteiger partial charge in [0.2, 0.25) is 0 Å². The summed E-state index contributed by atoms with van der Waals surface area (Å²) in [6.07, 6.45) is 3.39. The minimum absolute atomic E-state index is 0.277. The Balaban J connectivity index is 1.26. The number of fused-ring (bicyclic) bond motifs is 4. The molecule has 0 radical (unpaired) electrons. The highest BCUT2D eigenvalue weighted by Crippen LogP contribution is 2.43. The Kier molecular flexibility index (Phi) is 6.62. The van der Waals surface area contributed by atoms with Gasteiger partial charge in [0.05, 0.1) is 29.2 Å². The Morgan fingerprint density at radius 1 is 1.03 bits per heavy atom. The Labute approximate surface area is 230 Å². The second-order valence-corrected chi connectivity index (χ2v) is 12.3. The monoisotopic (exact) mass is 551 g/mol. The van der Waals surface area contributed by atoms with E-state index in [2.05, 4.69) is 39.0 Å². The number of hydrogen-bond acceptors (Lipinski definition) is 8. The van der Waals surface area contributed by atoms with Crippen LogP contribution in [-0.2, 0) is 22.7 Å². The molecule has 1 aliphatic carbocycles. The zero-order valence-electron chi connectivity index (χ0n) is 21.7. The fourth-order valence-corrected chi connectivity index (χ4v) is 6.57. The van der Waals surface area contributed by atoms with Crippen molar-refractivity contribution >= 4 is 39.4 Å². The number of aromatic nitrogens is 4. The summed E-state index contributed by atoms with van der Waals surface area (Å²) in [5.41, 5.74) is 2.48. The van der Waals surface area contributed by atoms with Crippen molar-refractivity contribution in [2.45, 2.75) is 77.0 Å². The molecule has 2 aromatic carbocycles. The number of ether oxygens (including phenoxy) is 1. The number of carbonyl (C=O) groups is 1. The zero-order valence-corrected chi connectivity index (χ0v) is 23.3. The van der Waals surface area contributed by atoms with Crippen LogP contribution >= 0.6 is 23.1 Å². The topological polar surface area (TPSA) is 82.4 Å². The fourth-order valence-electron chi connectivity index (χ4n) is 5.53. The molecule has 0 amide bonds. The molecule has 6 rings (SSSR count). The number of carbonyl (C=O) groups excluding carboxylic acids is 1. The summed E-state index contributed by atoms with van der Waals surface area (Å²) < 4.78 is 13.6. The maximum atomic E-state index is 12.4. The maximum absolute atomic E-state index is 12.4. The van der Waals surface area contributed by atoms with Gasteiger partial charge in [-0.05, 0) is 87.8 Å². The standard InChI is InChI=1S/C28H30ClN5O3S/c1-28(2,3)36-27(35)37-33-15-19-14-20(29)12-13-22(19)34-24(16-33)30-31-26(34)18-10-8-17(9-11-18)25-21-6-4-5-7-23(21)38-32-25/h4-7,12-14,17-18H,8-11,15-16H2,1-3H3/t17-,18+. The average molecular weight is 552 g/mol. The fraction of sp³-hybridized carbons (Fsp3) is 0.429. The smallest absolute Gasteiger partial charge is 0.427 e. The number of hydroxylamine groups is 2. The molecule has 0 bridgehead atoms. The summed E-state index contributed by atoms with van der Waals surface area (Å²) in [5.74, 6) is 2.40. The third-order valence-corrected chi connectivity index (χ3v) is 8.26. The first-order chi connectivity index (χ1) is 18.2. The summed E-state index contributed by atoms with van der Waals surface area (Å²) in [7, 11) is 0. The molecule has 198 valence electrons. The van der Waals surface area contributed by atoms with Gasteiger partial charge in [0.1, 0.15) is 11.4 Å². The van der Waals surface area contributed by atoms with E-state index in [9.17, 15) is 4.79 Å². The van der Waals surface area contributed by atoms with E-state index >= 15 is 0 Å². The van der Waals surface area contributed by atoms with Crippen molar-refractivity contribution in [1.82, 2.24) is 24.2 Å². The van der Waals surface area contributed by atoms with Crippen LogP contribution in [0.1, 0.15) is 81.2 Å². The largest absolute Gasteiger partial charge is 0.528 e. The van der Waals surface area contributed by atoms with Crippen LogP contribution in [-0.4, -0.2) is 36.0 Å². The minimum Gasteiger partial charge on any atom is -0.427 e. The molecule has 10 heteroatoms. The predicted molar refractivity (Wildman–Crippen MR) is 147 cm³/mol. The van der Waals surface area contributed by atoms with E-state index in [1.165, 1.54) is 15.8 Å². The van der Waals surface area contributed by atoms with Crippen LogP contribution in [0.4, 0.5) is 4.79 Å². The van der Waals surface area contributed by atoms with Gasteiger partial charge in [-0.1, -0.05) is 29.8 Å². The summed E-state index contributed by atoms with van der Waals surface area (Å²) in [6.45, 7) is 6.07. The van der Waals surface area contributed by atoms with Crippen molar-refractivity contribution in [3.63, 3.8) is 0 Å². The van der Waals surface area contributed by atoms with Crippen LogP contribution in [0, 0.1) is 0 Å². The van der Waals surface area contributed by atoms with Crippen LogP contribution in [0.5, 0.6) is 0 Å². The highest BCUT2D eigenvalue weighted by Gasteiger charge is 2.33. The van der Waals surface area contributed by atoms with E-state index in [0.717, 1.165) is 48.6 Å². The molecule has 1 saturated carbocycles. The number of benzene rings is 2. The Hall–Kier alpha value is -3.01. The van der Waals surface area contributed by atoms with Gasteiger partial charge in [0.25, 0.3) is 0 Å². The summed E-state index contributed by atoms with van der Waals surface area (Å²) in [4.78, 5) is 18.0. The molecule has 0 unspecified atom stereocenters. The van der Waals surface area contributed by atoms with Crippen LogP contribution in [0.15, 0.2) is 42.5 Å². The van der Waals surface area contributed by atoms with E-state index in [4.69, 9.17) is 25.5 Å². The van der Waals surface area contributed by atoms with E-state index in [1.807, 2.05) is 18.2 Å². The number of nitrogens with zero attached hydrogens (tertiary/aromatic N) is 5. The Morgan fingerprint density at radius 2 is 1.79 bits per heavy atom. The molecular weight excluding hydrogens is 522 g/mol. The molecular formula is C28H30ClN5O3S. The highest BCUT2D eigenvalue weighted by atomic mass is 35.5. The van der Waals surface area contributed by atoms with E-state index in [-0.39, 0.29) is 5.92 Å². The molecule has 1 aliphatic heterocycles. The first-order valence-electron chi connectivity index (χ1n) is 13.0. The quantitative estimate of drug-likeness (QED) is 0.250. The lowest BCUT2D eigenvalue weighted by Gasteiger charge is -2.27. The molecule has 0 atom stereocenters. The van der Waals surface area contributed by atoms with Gasteiger partial charge >= 0.3 is 6.16 Å². The molecule has 4 aromatic rings. The van der Waals surface area contributed by atoms with Gasteiger partial charge < -0.3 is 9.57 Å². The lowest BCUT2D eigenvalue weighted by Crippen LogP contribution is -2.31. The summed E-state index contributed by atoms with van der Waals surface area (Å²) in [5, 5.41) is 12.7. The van der Waals surface area contributed by atoms with Crippen molar-refractivity contribution in [2.75, 3.05) is 0 Å². The molecule has 2 aliphatic rings. The predicted octanol–water partition coefficient (Wildman–Crippen LogP) is 7.15. The lowest BCUT2D eigenvalue weighted by molar-refractivity contribution is -0.155. The van der Waals surface area contributed by atoms with Crippen molar-refractivity contribution in [2.24, 2.45) is 0 Å².